The van der Waals surface area contributed by atoms with Crippen molar-refractivity contribution >= 4 is 0 Å². The molecule has 2 atom stereocenters. The molecule has 0 amide bonds. The van der Waals surface area contributed by atoms with Crippen molar-refractivity contribution in [3.8, 4) is 0 Å². The Morgan fingerprint density at radius 1 is 1.21 bits per heavy atom. The molecule has 1 nitrogen and oxygen atoms in total. The summed E-state index contributed by atoms with van der Waals surface area (Å²) >= 11 is 0. The lowest BCUT2D eigenvalue weighted by Gasteiger charge is -2.38. The number of likely N-dealkylation sites (tertiary alicyclic amines) is 1. The Hall–Kier alpha value is -0.820. The molecule has 1 heterocycles. The molecule has 1 saturated heterocycles. The summed E-state index contributed by atoms with van der Waals surface area (Å²) in [7, 11) is 0. The van der Waals surface area contributed by atoms with Crippen molar-refractivity contribution in [1.29, 1.82) is 0 Å². The van der Waals surface area contributed by atoms with Crippen molar-refractivity contribution in [2.45, 2.75) is 51.4 Å². The van der Waals surface area contributed by atoms with Gasteiger partial charge in [0.15, 0.2) is 0 Å². The van der Waals surface area contributed by atoms with Crippen molar-refractivity contribution in [3.05, 3.63) is 35.4 Å². The van der Waals surface area contributed by atoms with Gasteiger partial charge in [-0.05, 0) is 68.2 Å². The van der Waals surface area contributed by atoms with Crippen LogP contribution in [0.4, 0.5) is 0 Å². The molecule has 104 valence electrons. The minimum absolute atomic E-state index is 0.844. The molecule has 0 unspecified atom stereocenters. The van der Waals surface area contributed by atoms with Crippen LogP contribution in [0.2, 0.25) is 0 Å². The second kappa shape index (κ2) is 6.09. The number of piperidine rings is 1. The molecule has 1 aromatic carbocycles. The third-order valence-electron chi connectivity index (χ3n) is 5.12. The molecule has 0 bridgehead atoms. The van der Waals surface area contributed by atoms with Gasteiger partial charge in [0.2, 0.25) is 0 Å². The molecule has 1 heteroatoms. The van der Waals surface area contributed by atoms with Crippen LogP contribution in [0.15, 0.2) is 24.3 Å². The topological polar surface area (TPSA) is 3.24 Å². The summed E-state index contributed by atoms with van der Waals surface area (Å²) < 4.78 is 0. The van der Waals surface area contributed by atoms with E-state index in [2.05, 4.69) is 36.1 Å². The summed E-state index contributed by atoms with van der Waals surface area (Å²) in [5.74, 6) is 1.76. The zero-order valence-corrected chi connectivity index (χ0v) is 12.3. The fourth-order valence-corrected chi connectivity index (χ4v) is 4.07. The van der Waals surface area contributed by atoms with Crippen molar-refractivity contribution in [2.24, 2.45) is 5.92 Å². The molecule has 0 aromatic heterocycles. The Kier molecular flexibility index (Phi) is 4.22. The Bertz CT molecular complexity index is 412. The highest BCUT2D eigenvalue weighted by atomic mass is 15.1. The molecule has 3 rings (SSSR count). The molecule has 19 heavy (non-hydrogen) atoms. The molecule has 0 N–H and O–H groups in total. The highest BCUT2D eigenvalue weighted by Crippen LogP contribution is 2.40. The summed E-state index contributed by atoms with van der Waals surface area (Å²) in [5.41, 5.74) is 3.32. The Labute approximate surface area is 118 Å². The summed E-state index contributed by atoms with van der Waals surface area (Å²) in [6, 6.07) is 9.22. The molecule has 0 radical (unpaired) electrons. The Morgan fingerprint density at radius 3 is 3.00 bits per heavy atom. The van der Waals surface area contributed by atoms with Crippen LogP contribution in [0.1, 0.15) is 56.1 Å². The van der Waals surface area contributed by atoms with E-state index in [1.165, 1.54) is 58.2 Å². The smallest absolute Gasteiger partial charge is 0.00155 e. The van der Waals surface area contributed by atoms with E-state index in [-0.39, 0.29) is 0 Å². The zero-order chi connectivity index (χ0) is 13.1. The van der Waals surface area contributed by atoms with Gasteiger partial charge in [0.05, 0.1) is 0 Å². The van der Waals surface area contributed by atoms with Gasteiger partial charge < -0.3 is 4.90 Å². The van der Waals surface area contributed by atoms with Crippen molar-refractivity contribution < 1.29 is 0 Å². The number of benzene rings is 1. The van der Waals surface area contributed by atoms with Crippen LogP contribution in [0, 0.1) is 5.92 Å². The first-order chi connectivity index (χ1) is 9.38. The van der Waals surface area contributed by atoms with Gasteiger partial charge in [-0.3, -0.25) is 0 Å². The third kappa shape index (κ3) is 2.86. The summed E-state index contributed by atoms with van der Waals surface area (Å²) in [6.07, 6.45) is 8.20. The molecule has 1 aliphatic carbocycles. The molecule has 2 aliphatic rings. The predicted octanol–water partition coefficient (Wildman–Crippen LogP) is 4.23. The average Bonchev–Trinajstić information content (AvgIpc) is 2.64. The molecule has 0 saturated carbocycles. The van der Waals surface area contributed by atoms with Crippen molar-refractivity contribution in [2.75, 3.05) is 19.6 Å². The minimum Gasteiger partial charge on any atom is -0.303 e. The fourth-order valence-electron chi connectivity index (χ4n) is 4.07. The van der Waals surface area contributed by atoms with E-state index < -0.39 is 0 Å². The molecular formula is C18H27N. The predicted molar refractivity (Wildman–Crippen MR) is 81.6 cm³/mol. The van der Waals surface area contributed by atoms with E-state index in [1.54, 1.807) is 11.1 Å². The average molecular weight is 257 g/mol. The molecule has 0 spiro atoms. The van der Waals surface area contributed by atoms with E-state index in [4.69, 9.17) is 0 Å². The highest BCUT2D eigenvalue weighted by Gasteiger charge is 2.32. The van der Waals surface area contributed by atoms with E-state index in [9.17, 15) is 0 Å². The van der Waals surface area contributed by atoms with Crippen LogP contribution >= 0.6 is 0 Å². The fraction of sp³-hybridized carbons (Fsp3) is 0.667. The number of aryl methyl sites for hydroxylation is 1. The van der Waals surface area contributed by atoms with Gasteiger partial charge in [0.1, 0.15) is 0 Å². The standard InChI is InChI=1S/C18H27N/c1-2-3-12-19-13-11-18-16(14-19)9-6-8-15-7-4-5-10-17(15)18/h4-5,7,10,16,18H,2-3,6,8-9,11-14H2,1H3/t16-,18+/m1/s1. The van der Waals surface area contributed by atoms with Gasteiger partial charge in [-0.25, -0.2) is 0 Å². The SMILES string of the molecule is CCCCN1CC[C@@H]2c3ccccc3CCC[C@@H]2C1. The van der Waals surface area contributed by atoms with Crippen molar-refractivity contribution in [3.63, 3.8) is 0 Å². The number of hydrogen-bond donors (Lipinski definition) is 0. The van der Waals surface area contributed by atoms with Crippen LogP contribution in [0.5, 0.6) is 0 Å². The van der Waals surface area contributed by atoms with Gasteiger partial charge >= 0.3 is 0 Å². The number of rotatable bonds is 3. The first kappa shape index (κ1) is 13.2. The summed E-state index contributed by atoms with van der Waals surface area (Å²) in [6.45, 7) is 6.28. The maximum Gasteiger partial charge on any atom is 0.00155 e. The summed E-state index contributed by atoms with van der Waals surface area (Å²) in [5, 5.41) is 0. The highest BCUT2D eigenvalue weighted by molar-refractivity contribution is 5.32. The Balaban J connectivity index is 1.74. The van der Waals surface area contributed by atoms with Gasteiger partial charge in [0.25, 0.3) is 0 Å². The van der Waals surface area contributed by atoms with E-state index in [0.29, 0.717) is 0 Å². The molecule has 1 aromatic rings. The maximum absolute atomic E-state index is 2.72. The summed E-state index contributed by atoms with van der Waals surface area (Å²) in [4.78, 5) is 2.72. The van der Waals surface area contributed by atoms with Crippen LogP contribution < -0.4 is 0 Å². The second-order valence-electron chi connectivity index (χ2n) is 6.40. The monoisotopic (exact) mass is 257 g/mol. The lowest BCUT2D eigenvalue weighted by molar-refractivity contribution is 0.146. The first-order valence-electron chi connectivity index (χ1n) is 8.18. The van der Waals surface area contributed by atoms with Crippen molar-refractivity contribution in [1.82, 2.24) is 4.90 Å². The normalized spacial score (nSPS) is 27.4. The largest absolute Gasteiger partial charge is 0.303 e. The molecule has 1 aliphatic heterocycles. The van der Waals surface area contributed by atoms with Crippen LogP contribution in [0.25, 0.3) is 0 Å². The van der Waals surface area contributed by atoms with Crippen LogP contribution in [-0.4, -0.2) is 24.5 Å². The quantitative estimate of drug-likeness (QED) is 0.783. The third-order valence-corrected chi connectivity index (χ3v) is 5.12. The second-order valence-corrected chi connectivity index (χ2v) is 6.40. The van der Waals surface area contributed by atoms with Crippen LogP contribution in [0.3, 0.4) is 0 Å². The number of unbranched alkanes of at least 4 members (excludes halogenated alkanes) is 1. The van der Waals surface area contributed by atoms with Gasteiger partial charge in [-0.15, -0.1) is 0 Å². The molecule has 1 fully saturated rings. The zero-order valence-electron chi connectivity index (χ0n) is 12.3. The molecular weight excluding hydrogens is 230 g/mol. The van der Waals surface area contributed by atoms with Gasteiger partial charge in [-0.1, -0.05) is 37.6 Å². The van der Waals surface area contributed by atoms with Crippen LogP contribution in [-0.2, 0) is 6.42 Å². The lowest BCUT2D eigenvalue weighted by Crippen LogP contribution is -2.39. The Morgan fingerprint density at radius 2 is 2.11 bits per heavy atom. The maximum atomic E-state index is 2.72. The minimum atomic E-state index is 0.844. The van der Waals surface area contributed by atoms with Gasteiger partial charge in [0, 0.05) is 6.54 Å². The van der Waals surface area contributed by atoms with Gasteiger partial charge in [-0.2, -0.15) is 0 Å². The van der Waals surface area contributed by atoms with E-state index >= 15 is 0 Å². The number of fused-ring (bicyclic) bond motifs is 3. The van der Waals surface area contributed by atoms with E-state index in [0.717, 1.165) is 11.8 Å². The first-order valence-corrected chi connectivity index (χ1v) is 8.18. The lowest BCUT2D eigenvalue weighted by atomic mass is 9.79. The van der Waals surface area contributed by atoms with E-state index in [1.807, 2.05) is 0 Å². The number of nitrogens with zero attached hydrogens (tertiary/aromatic N) is 1. The number of hydrogen-bond acceptors (Lipinski definition) is 1.